The van der Waals surface area contributed by atoms with Crippen LogP contribution >= 0.6 is 0 Å². The normalized spacial score (nSPS) is 11.4. The molecule has 0 rings (SSSR count). The van der Waals surface area contributed by atoms with Crippen molar-refractivity contribution in [2.45, 2.75) is 26.3 Å². The first-order valence-electron chi connectivity index (χ1n) is 6.53. The van der Waals surface area contributed by atoms with Crippen LogP contribution in [-0.2, 0) is 14.4 Å². The number of urea groups is 1. The molecule has 0 aromatic carbocycles. The van der Waals surface area contributed by atoms with E-state index in [0.29, 0.717) is 13.1 Å². The van der Waals surface area contributed by atoms with Crippen LogP contribution in [0.15, 0.2) is 0 Å². The Labute approximate surface area is 123 Å². The fourth-order valence-electron chi connectivity index (χ4n) is 1.61. The Bertz CT molecular complexity index is 408. The van der Waals surface area contributed by atoms with Crippen molar-refractivity contribution in [2.24, 2.45) is 5.73 Å². The first-order chi connectivity index (χ1) is 9.72. The van der Waals surface area contributed by atoms with Gasteiger partial charge < -0.3 is 26.0 Å². The number of nitrogens with zero attached hydrogens (tertiary/aromatic N) is 2. The van der Waals surface area contributed by atoms with Gasteiger partial charge in [-0.25, -0.2) is 9.59 Å². The van der Waals surface area contributed by atoms with Crippen molar-refractivity contribution in [1.82, 2.24) is 15.1 Å². The van der Waals surface area contributed by atoms with Gasteiger partial charge in [-0.05, 0) is 13.8 Å². The Morgan fingerprint density at radius 2 is 1.71 bits per heavy atom. The lowest BCUT2D eigenvalue weighted by molar-refractivity contribution is -0.140. The second-order valence-corrected chi connectivity index (χ2v) is 4.43. The molecule has 0 bridgehead atoms. The number of nitrogens with two attached hydrogens (primary N) is 1. The molecule has 0 saturated heterocycles. The Balaban J connectivity index is 4.59. The molecular weight excluding hydrogens is 280 g/mol. The number of rotatable bonds is 8. The Morgan fingerprint density at radius 1 is 1.19 bits per heavy atom. The van der Waals surface area contributed by atoms with Gasteiger partial charge in [0, 0.05) is 20.1 Å². The quantitative estimate of drug-likeness (QED) is 0.519. The summed E-state index contributed by atoms with van der Waals surface area (Å²) in [5.41, 5.74) is 4.91. The third kappa shape index (κ3) is 6.59. The fourth-order valence-corrected chi connectivity index (χ4v) is 1.61. The van der Waals surface area contributed by atoms with E-state index in [9.17, 15) is 19.2 Å². The highest BCUT2D eigenvalue weighted by molar-refractivity contribution is 5.89. The monoisotopic (exact) mass is 302 g/mol. The molecule has 9 heteroatoms. The lowest BCUT2D eigenvalue weighted by Gasteiger charge is -2.24. The molecular formula is C12H22N4O5. The van der Waals surface area contributed by atoms with E-state index in [0.717, 1.165) is 4.90 Å². The third-order valence-electron chi connectivity index (χ3n) is 2.84. The molecule has 0 aliphatic carbocycles. The van der Waals surface area contributed by atoms with Crippen molar-refractivity contribution >= 4 is 23.8 Å². The van der Waals surface area contributed by atoms with Gasteiger partial charge in [0.25, 0.3) is 0 Å². The molecule has 0 fully saturated rings. The molecule has 0 aromatic rings. The van der Waals surface area contributed by atoms with Crippen LogP contribution in [0.5, 0.6) is 0 Å². The number of primary amides is 1. The Kier molecular flexibility index (Phi) is 7.80. The standard InChI is InChI=1S/C12H22N4O5/c1-4-16(5-2)10(18)7-15(3)12(21)14-8(11(19)20)6-9(13)17/h8H,4-7H2,1-3H3,(H2,13,17)(H,14,21)(H,19,20)/t8-/m1/s1. The molecule has 0 aliphatic rings. The lowest BCUT2D eigenvalue weighted by atomic mass is 10.2. The van der Waals surface area contributed by atoms with Crippen LogP contribution in [0.4, 0.5) is 4.79 Å². The average molecular weight is 302 g/mol. The smallest absolute Gasteiger partial charge is 0.326 e. The highest BCUT2D eigenvalue weighted by atomic mass is 16.4. The zero-order valence-electron chi connectivity index (χ0n) is 12.5. The summed E-state index contributed by atoms with van der Waals surface area (Å²) < 4.78 is 0. The van der Waals surface area contributed by atoms with E-state index in [-0.39, 0.29) is 12.5 Å². The topological polar surface area (TPSA) is 133 Å². The van der Waals surface area contributed by atoms with Gasteiger partial charge in [-0.2, -0.15) is 0 Å². The van der Waals surface area contributed by atoms with E-state index >= 15 is 0 Å². The number of likely N-dealkylation sites (N-methyl/N-ethyl adjacent to an activating group) is 2. The van der Waals surface area contributed by atoms with Crippen molar-refractivity contribution < 1.29 is 24.3 Å². The van der Waals surface area contributed by atoms with Crippen molar-refractivity contribution in [3.8, 4) is 0 Å². The van der Waals surface area contributed by atoms with E-state index in [4.69, 9.17) is 10.8 Å². The second kappa shape index (κ2) is 8.77. The maximum Gasteiger partial charge on any atom is 0.326 e. The number of aliphatic carboxylic acids is 1. The number of carbonyl (C=O) groups is 4. The number of amides is 4. The summed E-state index contributed by atoms with van der Waals surface area (Å²) >= 11 is 0. The number of carbonyl (C=O) groups excluding carboxylic acids is 3. The molecule has 120 valence electrons. The summed E-state index contributed by atoms with van der Waals surface area (Å²) in [6.45, 7) is 4.48. The van der Waals surface area contributed by atoms with E-state index in [1.165, 1.54) is 7.05 Å². The van der Waals surface area contributed by atoms with Gasteiger partial charge in [-0.1, -0.05) is 0 Å². The number of hydrogen-bond acceptors (Lipinski definition) is 4. The average Bonchev–Trinajstić information content (AvgIpc) is 2.38. The van der Waals surface area contributed by atoms with Gasteiger partial charge >= 0.3 is 12.0 Å². The van der Waals surface area contributed by atoms with Crippen molar-refractivity contribution in [3.05, 3.63) is 0 Å². The predicted octanol–water partition coefficient (Wildman–Crippen LogP) is -1.18. The molecule has 0 spiro atoms. The maximum atomic E-state index is 11.8. The molecule has 0 aliphatic heterocycles. The Morgan fingerprint density at radius 3 is 2.10 bits per heavy atom. The first kappa shape index (κ1) is 18.7. The molecule has 0 heterocycles. The second-order valence-electron chi connectivity index (χ2n) is 4.43. The van der Waals surface area contributed by atoms with E-state index in [1.807, 2.05) is 13.8 Å². The molecule has 9 nitrogen and oxygen atoms in total. The first-order valence-corrected chi connectivity index (χ1v) is 6.53. The number of nitrogens with one attached hydrogen (secondary N) is 1. The van der Waals surface area contributed by atoms with Gasteiger partial charge in [-0.15, -0.1) is 0 Å². The molecule has 0 unspecified atom stereocenters. The highest BCUT2D eigenvalue weighted by Crippen LogP contribution is 1.97. The molecule has 0 radical (unpaired) electrons. The van der Waals surface area contributed by atoms with E-state index in [1.54, 1.807) is 4.90 Å². The van der Waals surface area contributed by atoms with Crippen LogP contribution in [0.25, 0.3) is 0 Å². The summed E-state index contributed by atoms with van der Waals surface area (Å²) in [6, 6.07) is -2.18. The summed E-state index contributed by atoms with van der Waals surface area (Å²) in [5.74, 6) is -2.46. The lowest BCUT2D eigenvalue weighted by Crippen LogP contribution is -2.50. The van der Waals surface area contributed by atoms with Crippen LogP contribution in [0.3, 0.4) is 0 Å². The molecule has 0 saturated carbocycles. The van der Waals surface area contributed by atoms with Crippen molar-refractivity contribution in [1.29, 1.82) is 0 Å². The summed E-state index contributed by atoms with van der Waals surface area (Å²) in [4.78, 5) is 47.9. The van der Waals surface area contributed by atoms with Gasteiger partial charge in [-0.3, -0.25) is 9.59 Å². The van der Waals surface area contributed by atoms with Crippen molar-refractivity contribution in [3.63, 3.8) is 0 Å². The minimum Gasteiger partial charge on any atom is -0.480 e. The number of hydrogen-bond donors (Lipinski definition) is 3. The van der Waals surface area contributed by atoms with Gasteiger partial charge in [0.2, 0.25) is 11.8 Å². The van der Waals surface area contributed by atoms with Crippen LogP contribution in [0.1, 0.15) is 20.3 Å². The van der Waals surface area contributed by atoms with E-state index in [2.05, 4.69) is 5.32 Å². The maximum absolute atomic E-state index is 11.8. The molecule has 4 amide bonds. The van der Waals surface area contributed by atoms with Crippen LogP contribution in [0, 0.1) is 0 Å². The largest absolute Gasteiger partial charge is 0.480 e. The van der Waals surface area contributed by atoms with Crippen molar-refractivity contribution in [2.75, 3.05) is 26.7 Å². The summed E-state index contributed by atoms with van der Waals surface area (Å²) in [5, 5.41) is 11.0. The molecule has 4 N–H and O–H groups in total. The number of carboxylic acid groups (broad SMARTS) is 1. The van der Waals surface area contributed by atoms with Crippen LogP contribution in [-0.4, -0.2) is 71.4 Å². The zero-order valence-corrected chi connectivity index (χ0v) is 12.5. The van der Waals surface area contributed by atoms with Gasteiger partial charge in [0.15, 0.2) is 0 Å². The minimum atomic E-state index is -1.42. The zero-order chi connectivity index (χ0) is 16.6. The summed E-state index contributed by atoms with van der Waals surface area (Å²) in [7, 11) is 1.36. The van der Waals surface area contributed by atoms with Gasteiger partial charge in [0.05, 0.1) is 6.42 Å². The highest BCUT2D eigenvalue weighted by Gasteiger charge is 2.24. The van der Waals surface area contributed by atoms with Gasteiger partial charge in [0.1, 0.15) is 12.6 Å². The Hall–Kier alpha value is -2.32. The van der Waals surface area contributed by atoms with E-state index < -0.39 is 30.4 Å². The van der Waals surface area contributed by atoms with Crippen LogP contribution < -0.4 is 11.1 Å². The third-order valence-corrected chi connectivity index (χ3v) is 2.84. The number of carboxylic acids is 1. The SMILES string of the molecule is CCN(CC)C(=O)CN(C)C(=O)N[C@H](CC(N)=O)C(=O)O. The summed E-state index contributed by atoms with van der Waals surface area (Å²) in [6.07, 6.45) is -0.515. The fraction of sp³-hybridized carbons (Fsp3) is 0.667. The van der Waals surface area contributed by atoms with Crippen LogP contribution in [0.2, 0.25) is 0 Å². The minimum absolute atomic E-state index is 0.184. The molecule has 1 atom stereocenters. The predicted molar refractivity (Wildman–Crippen MR) is 74.3 cm³/mol. The molecule has 0 aromatic heterocycles. The molecule has 21 heavy (non-hydrogen) atoms.